The number of carbonyl (C=O) groups is 4. The van der Waals surface area contributed by atoms with Gasteiger partial charge in [-0.15, -0.1) is 0 Å². The van der Waals surface area contributed by atoms with E-state index in [2.05, 4.69) is 10.6 Å². The molecule has 0 aromatic heterocycles. The van der Waals surface area contributed by atoms with Crippen LogP contribution in [0, 0.1) is 0 Å². The third kappa shape index (κ3) is 10.6. The summed E-state index contributed by atoms with van der Waals surface area (Å²) in [5.74, 6) is -4.75. The van der Waals surface area contributed by atoms with Gasteiger partial charge >= 0.3 is 23.9 Å². The summed E-state index contributed by atoms with van der Waals surface area (Å²) in [4.78, 5) is 42.4. The molecule has 0 aliphatic carbocycles. The lowest BCUT2D eigenvalue weighted by Crippen LogP contribution is -2.40. The second-order valence-electron chi connectivity index (χ2n) is 4.64. The van der Waals surface area contributed by atoms with E-state index in [-0.39, 0.29) is 25.9 Å². The minimum absolute atomic E-state index is 0.199. The smallest absolute Gasteiger partial charge is 0.321 e. The molecule has 0 aliphatic heterocycles. The Morgan fingerprint density at radius 2 is 1.18 bits per heavy atom. The van der Waals surface area contributed by atoms with Gasteiger partial charge < -0.3 is 31.1 Å². The van der Waals surface area contributed by atoms with Crippen LogP contribution < -0.4 is 10.6 Å². The standard InChI is InChI=1S/C12H20N2O8/c15-9(16)4-7(5-10(17)18)13-2-1-3-14-8(12(21)22)6-11(19)20/h7-8,13-14H,1-6H2,(H,15,16)(H,17,18)(H,19,20)(H,21,22). The first kappa shape index (κ1) is 19.8. The van der Waals surface area contributed by atoms with Gasteiger partial charge in [-0.25, -0.2) is 0 Å². The maximum absolute atomic E-state index is 10.8. The zero-order valence-corrected chi connectivity index (χ0v) is 11.8. The van der Waals surface area contributed by atoms with Crippen molar-refractivity contribution in [3.05, 3.63) is 0 Å². The number of aliphatic carboxylic acids is 4. The zero-order valence-electron chi connectivity index (χ0n) is 11.8. The molecule has 10 heteroatoms. The summed E-state index contributed by atoms with van der Waals surface area (Å²) < 4.78 is 0. The van der Waals surface area contributed by atoms with Crippen LogP contribution in [0.25, 0.3) is 0 Å². The number of rotatable bonds is 13. The van der Waals surface area contributed by atoms with Crippen molar-refractivity contribution in [3.63, 3.8) is 0 Å². The normalized spacial score (nSPS) is 12.0. The lowest BCUT2D eigenvalue weighted by atomic mass is 10.1. The summed E-state index contributed by atoms with van der Waals surface area (Å²) in [5.41, 5.74) is 0. The van der Waals surface area contributed by atoms with Crippen molar-refractivity contribution in [1.82, 2.24) is 10.6 Å². The molecule has 0 saturated heterocycles. The second kappa shape index (κ2) is 10.5. The molecule has 0 spiro atoms. The van der Waals surface area contributed by atoms with Crippen LogP contribution in [0.1, 0.15) is 25.7 Å². The van der Waals surface area contributed by atoms with Crippen LogP contribution >= 0.6 is 0 Å². The number of nitrogens with one attached hydrogen (secondary N) is 2. The van der Waals surface area contributed by atoms with Crippen molar-refractivity contribution in [2.45, 2.75) is 37.8 Å². The maximum Gasteiger partial charge on any atom is 0.321 e. The minimum Gasteiger partial charge on any atom is -0.481 e. The molecule has 0 saturated carbocycles. The van der Waals surface area contributed by atoms with E-state index in [0.29, 0.717) is 6.42 Å². The van der Waals surface area contributed by atoms with Crippen LogP contribution in [0.15, 0.2) is 0 Å². The highest BCUT2D eigenvalue weighted by atomic mass is 16.4. The number of carboxylic acids is 4. The number of hydrogen-bond acceptors (Lipinski definition) is 6. The monoisotopic (exact) mass is 320 g/mol. The predicted molar refractivity (Wildman–Crippen MR) is 72.6 cm³/mol. The average Bonchev–Trinajstić information content (AvgIpc) is 2.34. The largest absolute Gasteiger partial charge is 0.481 e. The zero-order chi connectivity index (χ0) is 17.1. The fourth-order valence-electron chi connectivity index (χ4n) is 1.73. The molecule has 0 aromatic carbocycles. The molecular weight excluding hydrogens is 300 g/mol. The molecule has 0 aromatic rings. The highest BCUT2D eigenvalue weighted by molar-refractivity contribution is 5.80. The maximum atomic E-state index is 10.8. The molecule has 22 heavy (non-hydrogen) atoms. The molecule has 1 atom stereocenters. The third-order valence-corrected chi connectivity index (χ3v) is 2.70. The van der Waals surface area contributed by atoms with Crippen molar-refractivity contribution in [1.29, 1.82) is 0 Å². The van der Waals surface area contributed by atoms with Crippen LogP contribution in [0.5, 0.6) is 0 Å². The Kier molecular flexibility index (Phi) is 9.46. The summed E-state index contributed by atoms with van der Waals surface area (Å²) in [6.45, 7) is 0.474. The van der Waals surface area contributed by atoms with Crippen molar-refractivity contribution in [3.8, 4) is 0 Å². The van der Waals surface area contributed by atoms with Gasteiger partial charge in [0, 0.05) is 6.04 Å². The summed E-state index contributed by atoms with van der Waals surface area (Å²) in [5, 5.41) is 40.0. The molecule has 0 aliphatic rings. The Morgan fingerprint density at radius 3 is 1.59 bits per heavy atom. The van der Waals surface area contributed by atoms with Crippen molar-refractivity contribution in [2.24, 2.45) is 0 Å². The van der Waals surface area contributed by atoms with E-state index in [0.717, 1.165) is 0 Å². The average molecular weight is 320 g/mol. The highest BCUT2D eigenvalue weighted by Gasteiger charge is 2.20. The Balaban J connectivity index is 4.05. The van der Waals surface area contributed by atoms with Crippen LogP contribution in [0.2, 0.25) is 0 Å². The Bertz CT molecular complexity index is 396. The van der Waals surface area contributed by atoms with Gasteiger partial charge in [-0.2, -0.15) is 0 Å². The summed E-state index contributed by atoms with van der Waals surface area (Å²) in [7, 11) is 0. The lowest BCUT2D eigenvalue weighted by molar-refractivity contribution is -0.145. The minimum atomic E-state index is -1.27. The topological polar surface area (TPSA) is 173 Å². The van der Waals surface area contributed by atoms with Gasteiger partial charge in [0.25, 0.3) is 0 Å². The lowest BCUT2D eigenvalue weighted by Gasteiger charge is -2.16. The summed E-state index contributed by atoms with van der Waals surface area (Å²) >= 11 is 0. The van der Waals surface area contributed by atoms with Gasteiger partial charge in [0.05, 0.1) is 19.3 Å². The van der Waals surface area contributed by atoms with Crippen molar-refractivity contribution < 1.29 is 39.6 Å². The van der Waals surface area contributed by atoms with Crippen LogP contribution in [-0.4, -0.2) is 69.5 Å². The van der Waals surface area contributed by atoms with Gasteiger partial charge in [-0.3, -0.25) is 19.2 Å². The third-order valence-electron chi connectivity index (χ3n) is 2.70. The van der Waals surface area contributed by atoms with E-state index in [1.807, 2.05) is 0 Å². The summed E-state index contributed by atoms with van der Waals surface area (Å²) in [6.07, 6.45) is -0.838. The predicted octanol–water partition coefficient (Wildman–Crippen LogP) is -1.20. The van der Waals surface area contributed by atoms with E-state index in [1.54, 1.807) is 0 Å². The fraction of sp³-hybridized carbons (Fsp3) is 0.667. The van der Waals surface area contributed by atoms with Crippen molar-refractivity contribution >= 4 is 23.9 Å². The SMILES string of the molecule is O=C(O)CC(CC(=O)O)NCCCNC(CC(=O)O)C(=O)O. The molecule has 0 heterocycles. The highest BCUT2D eigenvalue weighted by Crippen LogP contribution is 1.99. The van der Waals surface area contributed by atoms with Gasteiger partial charge in [0.2, 0.25) is 0 Å². The molecule has 0 bridgehead atoms. The molecule has 0 fully saturated rings. The molecule has 0 rings (SSSR count). The molecule has 1 unspecified atom stereocenters. The number of carboxylic acid groups (broad SMARTS) is 4. The Hall–Kier alpha value is -2.20. The van der Waals surface area contributed by atoms with E-state index < -0.39 is 42.4 Å². The quantitative estimate of drug-likeness (QED) is 0.226. The first-order valence-corrected chi connectivity index (χ1v) is 6.57. The van der Waals surface area contributed by atoms with Crippen molar-refractivity contribution in [2.75, 3.05) is 13.1 Å². The Morgan fingerprint density at radius 1 is 0.727 bits per heavy atom. The van der Waals surface area contributed by atoms with E-state index in [9.17, 15) is 19.2 Å². The molecule has 126 valence electrons. The van der Waals surface area contributed by atoms with Gasteiger partial charge in [0.15, 0.2) is 0 Å². The molecule has 0 radical (unpaired) electrons. The fourth-order valence-corrected chi connectivity index (χ4v) is 1.73. The first-order chi connectivity index (χ1) is 10.2. The molecule has 6 N–H and O–H groups in total. The van der Waals surface area contributed by atoms with Gasteiger partial charge in [-0.05, 0) is 19.5 Å². The van der Waals surface area contributed by atoms with Crippen LogP contribution in [0.4, 0.5) is 0 Å². The molecule has 10 nitrogen and oxygen atoms in total. The molecule has 0 amide bonds. The first-order valence-electron chi connectivity index (χ1n) is 6.57. The van der Waals surface area contributed by atoms with Gasteiger partial charge in [0.1, 0.15) is 6.04 Å². The number of hydrogen-bond donors (Lipinski definition) is 6. The van der Waals surface area contributed by atoms with E-state index >= 15 is 0 Å². The van der Waals surface area contributed by atoms with Crippen LogP contribution in [-0.2, 0) is 19.2 Å². The molecular formula is C12H20N2O8. The van der Waals surface area contributed by atoms with E-state index in [1.165, 1.54) is 0 Å². The second-order valence-corrected chi connectivity index (χ2v) is 4.64. The van der Waals surface area contributed by atoms with Gasteiger partial charge in [-0.1, -0.05) is 0 Å². The summed E-state index contributed by atoms with van der Waals surface area (Å²) in [6, 6.07) is -1.92. The van der Waals surface area contributed by atoms with Crippen LogP contribution in [0.3, 0.4) is 0 Å². The Labute approximate surface area is 126 Å². The van der Waals surface area contributed by atoms with E-state index in [4.69, 9.17) is 20.4 Å².